The standard InChI is InChI=1S/C27H24BCl2F2N7/c1-25(2,3)14-35-23-15(11-33)12-34-24-17(23)8-16(9-20(24)30)36-27(28,18-6-4-5-7-19(18)29)21-13-39(38-37-21)22-10-26(22,31)32/h4-9,12-13,22,36H,10,14H2,1-3H3,(H,34,35). The Morgan fingerprint density at radius 3 is 2.56 bits per heavy atom. The lowest BCUT2D eigenvalue weighted by Gasteiger charge is -2.32. The molecule has 5 rings (SSSR count). The van der Waals surface area contributed by atoms with Gasteiger partial charge in [0.25, 0.3) is 5.92 Å². The lowest BCUT2D eigenvalue weighted by atomic mass is 9.69. The van der Waals surface area contributed by atoms with Crippen LogP contribution in [-0.2, 0) is 5.44 Å². The SMILES string of the molecule is [B]C(Nc1cc(Cl)c2ncc(C#N)c(NCC(C)(C)C)c2c1)(c1cn(C2CC2(F)F)nn1)c1ccccc1Cl. The van der Waals surface area contributed by atoms with E-state index in [4.69, 9.17) is 31.0 Å². The van der Waals surface area contributed by atoms with Gasteiger partial charge in [-0.3, -0.25) is 4.98 Å². The fourth-order valence-electron chi connectivity index (χ4n) is 4.33. The second-order valence-electron chi connectivity index (χ2n) is 10.9. The lowest BCUT2D eigenvalue weighted by Crippen LogP contribution is -2.38. The lowest BCUT2D eigenvalue weighted by molar-refractivity contribution is 0.0979. The zero-order valence-electron chi connectivity index (χ0n) is 21.4. The molecule has 39 heavy (non-hydrogen) atoms. The average Bonchev–Trinajstić information content (AvgIpc) is 3.24. The van der Waals surface area contributed by atoms with Crippen LogP contribution in [0.5, 0.6) is 0 Å². The van der Waals surface area contributed by atoms with Gasteiger partial charge in [0.05, 0.1) is 33.4 Å². The largest absolute Gasteiger partial charge is 0.383 e. The summed E-state index contributed by atoms with van der Waals surface area (Å²) in [6, 6.07) is 11.4. The third kappa shape index (κ3) is 5.26. The molecule has 12 heteroatoms. The molecule has 198 valence electrons. The molecule has 1 aliphatic carbocycles. The van der Waals surface area contributed by atoms with E-state index in [1.54, 1.807) is 36.4 Å². The molecule has 0 spiro atoms. The van der Waals surface area contributed by atoms with Crippen LogP contribution in [0.1, 0.15) is 50.1 Å². The maximum absolute atomic E-state index is 13.7. The first-order valence-electron chi connectivity index (χ1n) is 12.2. The minimum Gasteiger partial charge on any atom is -0.383 e. The van der Waals surface area contributed by atoms with Crippen molar-refractivity contribution in [3.63, 3.8) is 0 Å². The molecule has 4 aromatic rings. The van der Waals surface area contributed by atoms with Crippen LogP contribution >= 0.6 is 23.2 Å². The van der Waals surface area contributed by atoms with Crippen LogP contribution in [0.25, 0.3) is 10.9 Å². The van der Waals surface area contributed by atoms with Gasteiger partial charge >= 0.3 is 0 Å². The number of nitrogens with zero attached hydrogens (tertiary/aromatic N) is 5. The summed E-state index contributed by atoms with van der Waals surface area (Å²) in [5, 5.41) is 25.7. The molecule has 2 aromatic carbocycles. The van der Waals surface area contributed by atoms with Crippen LogP contribution in [0.3, 0.4) is 0 Å². The summed E-state index contributed by atoms with van der Waals surface area (Å²) < 4.78 is 28.6. The van der Waals surface area contributed by atoms with Gasteiger partial charge in [-0.15, -0.1) is 5.10 Å². The molecule has 0 saturated heterocycles. The van der Waals surface area contributed by atoms with Crippen molar-refractivity contribution >= 4 is 53.3 Å². The number of halogens is 4. The molecule has 1 fully saturated rings. The van der Waals surface area contributed by atoms with Crippen LogP contribution in [-0.4, -0.2) is 40.3 Å². The van der Waals surface area contributed by atoms with Gasteiger partial charge in [-0.05, 0) is 29.2 Å². The zero-order chi connectivity index (χ0) is 28.2. The Labute approximate surface area is 235 Å². The smallest absolute Gasteiger partial charge is 0.272 e. The summed E-state index contributed by atoms with van der Waals surface area (Å²) in [6.07, 6.45) is 2.57. The molecule has 7 nitrogen and oxygen atoms in total. The van der Waals surface area contributed by atoms with E-state index in [-0.39, 0.29) is 17.5 Å². The van der Waals surface area contributed by atoms with E-state index in [1.165, 1.54) is 12.4 Å². The Morgan fingerprint density at radius 2 is 1.92 bits per heavy atom. The van der Waals surface area contributed by atoms with Crippen LogP contribution in [0, 0.1) is 16.7 Å². The third-order valence-corrected chi connectivity index (χ3v) is 7.13. The van der Waals surface area contributed by atoms with E-state index >= 15 is 0 Å². The van der Waals surface area contributed by atoms with Crippen molar-refractivity contribution < 1.29 is 8.78 Å². The van der Waals surface area contributed by atoms with E-state index < -0.39 is 17.4 Å². The molecule has 2 aromatic heterocycles. The number of nitrogens with one attached hydrogen (secondary N) is 2. The molecule has 1 aliphatic rings. The first kappa shape index (κ1) is 27.2. The molecule has 2 atom stereocenters. The maximum atomic E-state index is 13.7. The number of hydrogen-bond donors (Lipinski definition) is 2. The summed E-state index contributed by atoms with van der Waals surface area (Å²) in [7, 11) is 6.95. The second-order valence-corrected chi connectivity index (χ2v) is 11.7. The molecule has 1 saturated carbocycles. The maximum Gasteiger partial charge on any atom is 0.272 e. The highest BCUT2D eigenvalue weighted by atomic mass is 35.5. The highest BCUT2D eigenvalue weighted by Crippen LogP contribution is 2.52. The number of nitriles is 1. The Bertz CT molecular complexity index is 1610. The Hall–Kier alpha value is -3.42. The fraction of sp³-hybridized carbons (Fsp3) is 0.333. The minimum absolute atomic E-state index is 0.0668. The molecular weight excluding hydrogens is 542 g/mol. The summed E-state index contributed by atoms with van der Waals surface area (Å²) in [5.41, 5.74) is 0.914. The topological polar surface area (TPSA) is 91.5 Å². The van der Waals surface area contributed by atoms with Crippen molar-refractivity contribution in [1.82, 2.24) is 20.0 Å². The molecule has 2 unspecified atom stereocenters. The molecule has 2 heterocycles. The van der Waals surface area contributed by atoms with Crippen molar-refractivity contribution in [2.45, 2.75) is 44.6 Å². The first-order valence-corrected chi connectivity index (χ1v) is 13.0. The van der Waals surface area contributed by atoms with Gasteiger partial charge in [0, 0.05) is 35.3 Å². The number of alkyl halides is 2. The highest BCUT2D eigenvalue weighted by Gasteiger charge is 2.59. The minimum atomic E-state index is -2.84. The molecular formula is C27H24BCl2F2N7. The zero-order valence-corrected chi connectivity index (χ0v) is 22.9. The van der Waals surface area contributed by atoms with Crippen molar-refractivity contribution in [2.24, 2.45) is 5.41 Å². The Morgan fingerprint density at radius 1 is 1.21 bits per heavy atom. The van der Waals surface area contributed by atoms with Crippen molar-refractivity contribution in [3.05, 3.63) is 75.7 Å². The number of aromatic nitrogens is 4. The predicted molar refractivity (Wildman–Crippen MR) is 150 cm³/mol. The number of anilines is 2. The van der Waals surface area contributed by atoms with Gasteiger partial charge in [0.15, 0.2) is 0 Å². The van der Waals surface area contributed by atoms with Crippen molar-refractivity contribution in [1.29, 1.82) is 5.26 Å². The van der Waals surface area contributed by atoms with E-state index in [0.717, 1.165) is 4.68 Å². The van der Waals surface area contributed by atoms with Gasteiger partial charge in [0.2, 0.25) is 0 Å². The Balaban J connectivity index is 1.63. The van der Waals surface area contributed by atoms with Crippen LogP contribution in [0.15, 0.2) is 48.8 Å². The monoisotopic (exact) mass is 565 g/mol. The number of fused-ring (bicyclic) bond motifs is 1. The molecule has 2 N–H and O–H groups in total. The molecule has 0 amide bonds. The fourth-order valence-corrected chi connectivity index (χ4v) is 4.89. The van der Waals surface area contributed by atoms with E-state index in [9.17, 15) is 14.0 Å². The van der Waals surface area contributed by atoms with Crippen LogP contribution in [0.4, 0.5) is 20.2 Å². The van der Waals surface area contributed by atoms with E-state index in [0.29, 0.717) is 50.0 Å². The summed E-state index contributed by atoms with van der Waals surface area (Å²) >= 11 is 13.2. The van der Waals surface area contributed by atoms with E-state index in [1.807, 2.05) is 0 Å². The van der Waals surface area contributed by atoms with Crippen molar-refractivity contribution in [2.75, 3.05) is 17.2 Å². The second kappa shape index (κ2) is 9.65. The molecule has 0 bridgehead atoms. The van der Waals surface area contributed by atoms with Gasteiger partial charge < -0.3 is 10.6 Å². The highest BCUT2D eigenvalue weighted by molar-refractivity contribution is 6.36. The number of pyridine rings is 1. The first-order chi connectivity index (χ1) is 18.3. The van der Waals surface area contributed by atoms with Crippen LogP contribution < -0.4 is 10.6 Å². The number of hydrogen-bond acceptors (Lipinski definition) is 6. The van der Waals surface area contributed by atoms with Crippen LogP contribution in [0.2, 0.25) is 10.0 Å². The predicted octanol–water partition coefficient (Wildman–Crippen LogP) is 6.52. The van der Waals surface area contributed by atoms with Gasteiger partial charge in [-0.2, -0.15) is 5.26 Å². The number of rotatable bonds is 7. The third-order valence-electron chi connectivity index (χ3n) is 6.51. The summed E-state index contributed by atoms with van der Waals surface area (Å²) in [4.78, 5) is 4.40. The average molecular weight is 566 g/mol. The van der Waals surface area contributed by atoms with Gasteiger partial charge in [-0.1, -0.05) is 67.4 Å². The Kier molecular flexibility index (Phi) is 6.72. The molecule has 0 aliphatic heterocycles. The van der Waals surface area contributed by atoms with Gasteiger partial charge in [0.1, 0.15) is 25.7 Å². The normalized spacial score (nSPS) is 17.8. The quantitative estimate of drug-likeness (QED) is 0.248. The summed E-state index contributed by atoms with van der Waals surface area (Å²) in [5.74, 6) is -2.84. The van der Waals surface area contributed by atoms with Crippen molar-refractivity contribution in [3.8, 4) is 6.07 Å². The number of benzene rings is 2. The van der Waals surface area contributed by atoms with Gasteiger partial charge in [-0.25, -0.2) is 13.5 Å². The molecule has 2 radical (unpaired) electrons. The summed E-state index contributed by atoms with van der Waals surface area (Å²) in [6.45, 7) is 6.82. The van der Waals surface area contributed by atoms with E-state index in [2.05, 4.69) is 52.8 Å².